The first-order valence-corrected chi connectivity index (χ1v) is 7.51. The Labute approximate surface area is 137 Å². The summed E-state index contributed by atoms with van der Waals surface area (Å²) in [6, 6.07) is 3.03. The quantitative estimate of drug-likeness (QED) is 0.712. The molecule has 0 aliphatic heterocycles. The molecule has 0 amide bonds. The second kappa shape index (κ2) is 8.17. The highest BCUT2D eigenvalue weighted by molar-refractivity contribution is 5.66. The molecule has 0 fully saturated rings. The van der Waals surface area contributed by atoms with Gasteiger partial charge in [-0.05, 0) is 30.5 Å². The van der Waals surface area contributed by atoms with Crippen LogP contribution in [0, 0.1) is 12.8 Å². The number of esters is 1. The molecule has 0 spiro atoms. The number of hydrogen-bond donors (Lipinski definition) is 2. The Morgan fingerprint density at radius 3 is 2.48 bits per heavy atom. The fourth-order valence-electron chi connectivity index (χ4n) is 2.15. The lowest BCUT2D eigenvalue weighted by Crippen LogP contribution is -2.38. The van der Waals surface area contributed by atoms with Crippen molar-refractivity contribution < 1.29 is 29.2 Å². The molecule has 0 radical (unpaired) electrons. The summed E-state index contributed by atoms with van der Waals surface area (Å²) in [5, 5.41) is 21.1. The SMILES string of the molecule is COc1cc(C(O)(COCC(C)C)COC(C)=O)c(O)cc1C. The van der Waals surface area contributed by atoms with Crippen molar-refractivity contribution in [1.29, 1.82) is 0 Å². The van der Waals surface area contributed by atoms with Crippen LogP contribution < -0.4 is 4.74 Å². The number of carbonyl (C=O) groups excluding carboxylic acids is 1. The molecular weight excluding hydrogens is 300 g/mol. The van der Waals surface area contributed by atoms with E-state index >= 15 is 0 Å². The number of rotatable bonds is 8. The number of phenolic OH excluding ortho intramolecular Hbond substituents is 1. The molecule has 1 unspecified atom stereocenters. The van der Waals surface area contributed by atoms with E-state index in [0.29, 0.717) is 12.4 Å². The molecule has 1 aromatic carbocycles. The predicted octanol–water partition coefficient (Wildman–Crippen LogP) is 2.13. The highest BCUT2D eigenvalue weighted by Gasteiger charge is 2.35. The molecule has 2 N–H and O–H groups in total. The van der Waals surface area contributed by atoms with E-state index in [0.717, 1.165) is 5.56 Å². The van der Waals surface area contributed by atoms with Gasteiger partial charge in [0.2, 0.25) is 0 Å². The number of aliphatic hydroxyl groups is 1. The average molecular weight is 326 g/mol. The molecule has 0 aliphatic rings. The molecule has 1 rings (SSSR count). The monoisotopic (exact) mass is 326 g/mol. The summed E-state index contributed by atoms with van der Waals surface area (Å²) in [7, 11) is 1.50. The maximum absolute atomic E-state index is 11.1. The van der Waals surface area contributed by atoms with Crippen molar-refractivity contribution in [2.45, 2.75) is 33.3 Å². The van der Waals surface area contributed by atoms with Crippen LogP contribution in [0.2, 0.25) is 0 Å². The van der Waals surface area contributed by atoms with Gasteiger partial charge in [-0.1, -0.05) is 13.8 Å². The Bertz CT molecular complexity index is 540. The van der Waals surface area contributed by atoms with Crippen LogP contribution >= 0.6 is 0 Å². The predicted molar refractivity (Wildman–Crippen MR) is 85.6 cm³/mol. The minimum absolute atomic E-state index is 0.105. The van der Waals surface area contributed by atoms with E-state index in [1.54, 1.807) is 6.92 Å². The number of phenols is 1. The lowest BCUT2D eigenvalue weighted by molar-refractivity contribution is -0.155. The first-order chi connectivity index (χ1) is 10.7. The summed E-state index contributed by atoms with van der Waals surface area (Å²) in [5.74, 6) is 0.175. The van der Waals surface area contributed by atoms with Gasteiger partial charge in [0.1, 0.15) is 18.1 Å². The molecule has 6 heteroatoms. The number of methoxy groups -OCH3 is 1. The van der Waals surface area contributed by atoms with Gasteiger partial charge in [-0.15, -0.1) is 0 Å². The molecule has 1 aromatic rings. The van der Waals surface area contributed by atoms with Gasteiger partial charge in [0.15, 0.2) is 5.60 Å². The number of carbonyl (C=O) groups is 1. The summed E-state index contributed by atoms with van der Waals surface area (Å²) < 4.78 is 15.7. The van der Waals surface area contributed by atoms with Crippen LogP contribution in [-0.4, -0.2) is 43.1 Å². The van der Waals surface area contributed by atoms with Crippen LogP contribution in [0.3, 0.4) is 0 Å². The molecule has 6 nitrogen and oxygen atoms in total. The highest BCUT2D eigenvalue weighted by atomic mass is 16.6. The Morgan fingerprint density at radius 2 is 1.96 bits per heavy atom. The summed E-state index contributed by atoms with van der Waals surface area (Å²) in [6.07, 6.45) is 0. The van der Waals surface area contributed by atoms with E-state index in [1.165, 1.54) is 26.2 Å². The fraction of sp³-hybridized carbons (Fsp3) is 0.588. The lowest BCUT2D eigenvalue weighted by Gasteiger charge is -2.29. The van der Waals surface area contributed by atoms with Gasteiger partial charge in [0.05, 0.1) is 13.7 Å². The maximum Gasteiger partial charge on any atom is 0.302 e. The van der Waals surface area contributed by atoms with Gasteiger partial charge in [0.25, 0.3) is 0 Å². The summed E-state index contributed by atoms with van der Waals surface area (Å²) >= 11 is 0. The first-order valence-electron chi connectivity index (χ1n) is 7.51. The van der Waals surface area contributed by atoms with E-state index in [2.05, 4.69) is 0 Å². The fourth-order valence-corrected chi connectivity index (χ4v) is 2.15. The van der Waals surface area contributed by atoms with Gasteiger partial charge >= 0.3 is 5.97 Å². The Kier molecular flexibility index (Phi) is 6.84. The standard InChI is InChI=1S/C17H26O6/c1-11(2)8-22-9-17(20,10-23-13(4)18)14-7-16(21-5)12(3)6-15(14)19/h6-7,11,19-20H,8-10H2,1-5H3. The van der Waals surface area contributed by atoms with Crippen LogP contribution in [0.1, 0.15) is 31.9 Å². The zero-order chi connectivity index (χ0) is 17.6. The van der Waals surface area contributed by atoms with Gasteiger partial charge < -0.3 is 24.4 Å². The Balaban J connectivity index is 3.13. The zero-order valence-corrected chi connectivity index (χ0v) is 14.4. The van der Waals surface area contributed by atoms with Crippen LogP contribution in [0.5, 0.6) is 11.5 Å². The molecule has 23 heavy (non-hydrogen) atoms. The third-order valence-electron chi connectivity index (χ3n) is 3.32. The van der Waals surface area contributed by atoms with Gasteiger partial charge in [-0.25, -0.2) is 0 Å². The second-order valence-electron chi connectivity index (χ2n) is 6.06. The third kappa shape index (κ3) is 5.41. The Morgan fingerprint density at radius 1 is 1.30 bits per heavy atom. The average Bonchev–Trinajstić information content (AvgIpc) is 2.45. The number of aryl methyl sites for hydroxylation is 1. The zero-order valence-electron chi connectivity index (χ0n) is 14.4. The van der Waals surface area contributed by atoms with E-state index < -0.39 is 11.6 Å². The van der Waals surface area contributed by atoms with E-state index in [1.807, 2.05) is 13.8 Å². The molecule has 1 atom stereocenters. The van der Waals surface area contributed by atoms with Crippen LogP contribution in [0.4, 0.5) is 0 Å². The van der Waals surface area contributed by atoms with Crippen molar-refractivity contribution in [3.8, 4) is 11.5 Å². The van der Waals surface area contributed by atoms with Gasteiger partial charge in [-0.3, -0.25) is 4.79 Å². The Hall–Kier alpha value is -1.79. The second-order valence-corrected chi connectivity index (χ2v) is 6.06. The van der Waals surface area contributed by atoms with Crippen LogP contribution in [-0.2, 0) is 19.9 Å². The maximum atomic E-state index is 11.1. The number of benzene rings is 1. The summed E-state index contributed by atoms with van der Waals surface area (Å²) in [5.41, 5.74) is -0.734. The molecule has 0 aliphatic carbocycles. The lowest BCUT2D eigenvalue weighted by atomic mass is 9.93. The van der Waals surface area contributed by atoms with Crippen molar-refractivity contribution in [3.05, 3.63) is 23.3 Å². The largest absolute Gasteiger partial charge is 0.508 e. The summed E-state index contributed by atoms with van der Waals surface area (Å²) in [6.45, 7) is 7.01. The van der Waals surface area contributed by atoms with Crippen molar-refractivity contribution in [1.82, 2.24) is 0 Å². The van der Waals surface area contributed by atoms with E-state index in [9.17, 15) is 15.0 Å². The topological polar surface area (TPSA) is 85.2 Å². The molecule has 0 bridgehead atoms. The smallest absolute Gasteiger partial charge is 0.302 e. The molecule has 0 aromatic heterocycles. The molecule has 0 saturated heterocycles. The minimum Gasteiger partial charge on any atom is -0.508 e. The molecule has 130 valence electrons. The van der Waals surface area contributed by atoms with Crippen molar-refractivity contribution in [2.24, 2.45) is 5.92 Å². The van der Waals surface area contributed by atoms with Gasteiger partial charge in [-0.2, -0.15) is 0 Å². The molecule has 0 saturated carbocycles. The van der Waals surface area contributed by atoms with Crippen molar-refractivity contribution in [3.63, 3.8) is 0 Å². The minimum atomic E-state index is -1.66. The molecular formula is C17H26O6. The van der Waals surface area contributed by atoms with E-state index in [4.69, 9.17) is 14.2 Å². The van der Waals surface area contributed by atoms with Crippen LogP contribution in [0.15, 0.2) is 12.1 Å². The third-order valence-corrected chi connectivity index (χ3v) is 3.32. The van der Waals surface area contributed by atoms with Crippen LogP contribution in [0.25, 0.3) is 0 Å². The normalized spacial score (nSPS) is 13.7. The molecule has 0 heterocycles. The van der Waals surface area contributed by atoms with Crippen molar-refractivity contribution >= 4 is 5.97 Å². The number of hydrogen-bond acceptors (Lipinski definition) is 6. The van der Waals surface area contributed by atoms with Gasteiger partial charge in [0, 0.05) is 19.1 Å². The first kappa shape index (κ1) is 19.3. The van der Waals surface area contributed by atoms with Crippen molar-refractivity contribution in [2.75, 3.05) is 26.9 Å². The number of ether oxygens (including phenoxy) is 3. The summed E-state index contributed by atoms with van der Waals surface area (Å²) in [4.78, 5) is 11.1. The van der Waals surface area contributed by atoms with E-state index in [-0.39, 0.29) is 30.4 Å². The number of aromatic hydroxyl groups is 1. The highest BCUT2D eigenvalue weighted by Crippen LogP contribution is 2.35.